The Morgan fingerprint density at radius 2 is 2.23 bits per heavy atom. The van der Waals surface area contributed by atoms with Gasteiger partial charge in [-0.15, -0.1) is 0 Å². The van der Waals surface area contributed by atoms with Crippen molar-refractivity contribution in [3.63, 3.8) is 0 Å². The molecule has 13 heavy (non-hydrogen) atoms. The summed E-state index contributed by atoms with van der Waals surface area (Å²) in [6.45, 7) is 2.36. The predicted octanol–water partition coefficient (Wildman–Crippen LogP) is 0.798. The van der Waals surface area contributed by atoms with E-state index in [1.807, 2.05) is 25.1 Å². The van der Waals surface area contributed by atoms with E-state index in [0.717, 1.165) is 16.7 Å². The molecule has 0 spiro atoms. The highest BCUT2D eigenvalue weighted by molar-refractivity contribution is 5.43. The maximum atomic E-state index is 9.01. The van der Waals surface area contributed by atoms with Crippen LogP contribution in [0.1, 0.15) is 16.7 Å². The molecule has 0 fully saturated rings. The minimum absolute atomic E-state index is 0.0227. The van der Waals surface area contributed by atoms with Crippen LogP contribution in [0.25, 0.3) is 0 Å². The molecule has 0 saturated heterocycles. The summed E-state index contributed by atoms with van der Waals surface area (Å²) in [6, 6.07) is 5.79. The molecule has 0 atom stereocenters. The molecule has 0 aliphatic rings. The van der Waals surface area contributed by atoms with Gasteiger partial charge in [0.15, 0.2) is 0 Å². The van der Waals surface area contributed by atoms with Crippen LogP contribution in [0.4, 0.5) is 0 Å². The molecule has 0 radical (unpaired) electrons. The summed E-state index contributed by atoms with van der Waals surface area (Å²) in [4.78, 5) is 0. The van der Waals surface area contributed by atoms with Crippen molar-refractivity contribution in [3.8, 4) is 11.8 Å². The summed E-state index contributed by atoms with van der Waals surface area (Å²) in [7, 11) is 0. The molecule has 1 aromatic rings. The smallest absolute Gasteiger partial charge is 0.0694 e. The predicted molar refractivity (Wildman–Crippen MR) is 53.0 cm³/mol. The average molecular weight is 175 g/mol. The number of aryl methyl sites for hydroxylation is 1. The summed E-state index contributed by atoms with van der Waals surface area (Å²) in [5, 5.41) is 9.01. The molecular weight excluding hydrogens is 162 g/mol. The highest BCUT2D eigenvalue weighted by Crippen LogP contribution is 2.10. The van der Waals surface area contributed by atoms with Crippen LogP contribution in [-0.4, -0.2) is 11.7 Å². The molecule has 0 aliphatic heterocycles. The van der Waals surface area contributed by atoms with E-state index >= 15 is 0 Å². The van der Waals surface area contributed by atoms with Crippen molar-refractivity contribution < 1.29 is 5.11 Å². The monoisotopic (exact) mass is 175 g/mol. The third-order valence-electron chi connectivity index (χ3n) is 1.76. The van der Waals surface area contributed by atoms with Gasteiger partial charge in [-0.05, 0) is 24.1 Å². The van der Waals surface area contributed by atoms with Crippen molar-refractivity contribution in [1.82, 2.24) is 0 Å². The molecule has 0 aromatic heterocycles. The Labute approximate surface area is 78.4 Å². The molecule has 0 bridgehead atoms. The molecule has 3 N–H and O–H groups in total. The Hall–Kier alpha value is -1.30. The lowest BCUT2D eigenvalue weighted by molar-refractivity contribution is 0.281. The quantitative estimate of drug-likeness (QED) is 0.620. The van der Waals surface area contributed by atoms with Gasteiger partial charge in [0.1, 0.15) is 0 Å². The Kier molecular flexibility index (Phi) is 3.51. The van der Waals surface area contributed by atoms with Gasteiger partial charge in [0.2, 0.25) is 0 Å². The Balaban J connectivity index is 3.08. The van der Waals surface area contributed by atoms with Gasteiger partial charge in [-0.2, -0.15) is 0 Å². The number of rotatable bonds is 1. The molecule has 0 heterocycles. The van der Waals surface area contributed by atoms with E-state index in [0.29, 0.717) is 6.54 Å². The van der Waals surface area contributed by atoms with Gasteiger partial charge >= 0.3 is 0 Å². The van der Waals surface area contributed by atoms with E-state index in [4.69, 9.17) is 10.8 Å². The summed E-state index contributed by atoms with van der Waals surface area (Å²) >= 11 is 0. The van der Waals surface area contributed by atoms with E-state index in [1.54, 1.807) is 0 Å². The first kappa shape index (κ1) is 9.79. The normalized spacial score (nSPS) is 9.15. The molecule has 2 nitrogen and oxygen atoms in total. The van der Waals surface area contributed by atoms with Crippen molar-refractivity contribution >= 4 is 0 Å². The highest BCUT2D eigenvalue weighted by atomic mass is 16.3. The van der Waals surface area contributed by atoms with Crippen LogP contribution in [0.3, 0.4) is 0 Å². The van der Waals surface area contributed by atoms with Gasteiger partial charge in [0, 0.05) is 5.56 Å². The van der Waals surface area contributed by atoms with Crippen molar-refractivity contribution in [2.75, 3.05) is 6.54 Å². The fraction of sp³-hybridized carbons (Fsp3) is 0.273. The Morgan fingerprint density at radius 3 is 2.85 bits per heavy atom. The summed E-state index contributed by atoms with van der Waals surface area (Å²) < 4.78 is 0. The summed E-state index contributed by atoms with van der Waals surface area (Å²) in [5.41, 5.74) is 8.13. The minimum Gasteiger partial charge on any atom is -0.392 e. The molecule has 0 unspecified atom stereocenters. The second kappa shape index (κ2) is 4.66. The maximum absolute atomic E-state index is 9.01. The minimum atomic E-state index is 0.0227. The van der Waals surface area contributed by atoms with Gasteiger partial charge < -0.3 is 10.8 Å². The lowest BCUT2D eigenvalue weighted by Gasteiger charge is -2.01. The van der Waals surface area contributed by atoms with Crippen LogP contribution >= 0.6 is 0 Å². The van der Waals surface area contributed by atoms with Crippen LogP contribution in [0.5, 0.6) is 0 Å². The maximum Gasteiger partial charge on any atom is 0.0694 e. The SMILES string of the molecule is Cc1ccc(CO)c(C#CCN)c1. The molecular formula is C11H13NO. The average Bonchev–Trinajstić information content (AvgIpc) is 2.15. The topological polar surface area (TPSA) is 46.2 Å². The number of nitrogens with two attached hydrogens (primary N) is 1. The van der Waals surface area contributed by atoms with Crippen LogP contribution in [0, 0.1) is 18.8 Å². The van der Waals surface area contributed by atoms with Crippen molar-refractivity contribution in [1.29, 1.82) is 0 Å². The highest BCUT2D eigenvalue weighted by Gasteiger charge is 1.97. The molecule has 1 aromatic carbocycles. The fourth-order valence-electron chi connectivity index (χ4n) is 1.09. The number of hydrogen-bond acceptors (Lipinski definition) is 2. The first-order chi connectivity index (χ1) is 6.27. The third kappa shape index (κ3) is 2.59. The first-order valence-corrected chi connectivity index (χ1v) is 4.17. The second-order valence-corrected chi connectivity index (χ2v) is 2.82. The van der Waals surface area contributed by atoms with Gasteiger partial charge in [0.25, 0.3) is 0 Å². The number of hydrogen-bond donors (Lipinski definition) is 2. The molecule has 1 rings (SSSR count). The van der Waals surface area contributed by atoms with E-state index in [1.165, 1.54) is 0 Å². The molecule has 68 valence electrons. The molecule has 2 heteroatoms. The Bertz CT molecular complexity index is 347. The van der Waals surface area contributed by atoms with Gasteiger partial charge in [-0.1, -0.05) is 24.0 Å². The van der Waals surface area contributed by atoms with E-state index in [-0.39, 0.29) is 6.61 Å². The lowest BCUT2D eigenvalue weighted by atomic mass is 10.1. The molecule has 0 saturated carbocycles. The fourth-order valence-corrected chi connectivity index (χ4v) is 1.09. The largest absolute Gasteiger partial charge is 0.392 e. The Morgan fingerprint density at radius 1 is 1.46 bits per heavy atom. The van der Waals surface area contributed by atoms with Crippen LogP contribution in [0.2, 0.25) is 0 Å². The van der Waals surface area contributed by atoms with Crippen LogP contribution in [0.15, 0.2) is 18.2 Å². The summed E-state index contributed by atoms with van der Waals surface area (Å²) in [6.07, 6.45) is 0. The zero-order chi connectivity index (χ0) is 9.68. The second-order valence-electron chi connectivity index (χ2n) is 2.82. The van der Waals surface area contributed by atoms with Gasteiger partial charge in [-0.25, -0.2) is 0 Å². The molecule has 0 amide bonds. The third-order valence-corrected chi connectivity index (χ3v) is 1.76. The van der Waals surface area contributed by atoms with E-state index in [2.05, 4.69) is 11.8 Å². The van der Waals surface area contributed by atoms with Crippen molar-refractivity contribution in [3.05, 3.63) is 34.9 Å². The van der Waals surface area contributed by atoms with E-state index < -0.39 is 0 Å². The lowest BCUT2D eigenvalue weighted by Crippen LogP contribution is -1.95. The van der Waals surface area contributed by atoms with Crippen LogP contribution in [-0.2, 0) is 6.61 Å². The van der Waals surface area contributed by atoms with E-state index in [9.17, 15) is 0 Å². The first-order valence-electron chi connectivity index (χ1n) is 4.17. The molecule has 0 aliphatic carbocycles. The number of benzene rings is 1. The van der Waals surface area contributed by atoms with Crippen molar-refractivity contribution in [2.24, 2.45) is 5.73 Å². The zero-order valence-electron chi connectivity index (χ0n) is 7.67. The summed E-state index contributed by atoms with van der Waals surface area (Å²) in [5.74, 6) is 5.70. The van der Waals surface area contributed by atoms with Crippen LogP contribution < -0.4 is 5.73 Å². The van der Waals surface area contributed by atoms with Gasteiger partial charge in [0.05, 0.1) is 13.2 Å². The van der Waals surface area contributed by atoms with Gasteiger partial charge in [-0.3, -0.25) is 0 Å². The van der Waals surface area contributed by atoms with Crippen molar-refractivity contribution in [2.45, 2.75) is 13.5 Å². The number of aliphatic hydroxyl groups is 1. The zero-order valence-corrected chi connectivity index (χ0v) is 7.67. The standard InChI is InChI=1S/C11H13NO/c1-9-4-5-11(8-13)10(7-9)3-2-6-12/h4-5,7,13H,6,8,12H2,1H3. The number of aliphatic hydroxyl groups excluding tert-OH is 1.